The smallest absolute Gasteiger partial charge is 0.140 e. The van der Waals surface area contributed by atoms with Crippen LogP contribution in [0.5, 0.6) is 0 Å². The zero-order chi connectivity index (χ0) is 42.8. The lowest BCUT2D eigenvalue weighted by Crippen LogP contribution is -1.92. The molecule has 318 valence electrons. The fourth-order valence-electron chi connectivity index (χ4n) is 7.26. The molecule has 0 unspecified atom stereocenters. The van der Waals surface area contributed by atoms with Gasteiger partial charge in [-0.2, -0.15) is 10.2 Å². The van der Waals surface area contributed by atoms with Crippen LogP contribution in [-0.4, -0.2) is 47.4 Å². The summed E-state index contributed by atoms with van der Waals surface area (Å²) in [5, 5.41) is 8.29. The van der Waals surface area contributed by atoms with E-state index in [1.807, 2.05) is 64.7 Å². The normalized spacial score (nSPS) is 11.1. The van der Waals surface area contributed by atoms with Gasteiger partial charge in [-0.25, -0.2) is 24.0 Å². The van der Waals surface area contributed by atoms with Crippen LogP contribution >= 0.6 is 0 Å². The van der Waals surface area contributed by atoms with Crippen molar-refractivity contribution in [1.29, 1.82) is 0 Å². The van der Waals surface area contributed by atoms with Crippen molar-refractivity contribution in [3.63, 3.8) is 0 Å². The highest BCUT2D eigenvalue weighted by atomic mass is 15.2. The highest BCUT2D eigenvalue weighted by molar-refractivity contribution is 5.58. The van der Waals surface area contributed by atoms with Crippen molar-refractivity contribution in [3.05, 3.63) is 181 Å². The molecule has 0 bridgehead atoms. The standard InChI is InChI=1S/C11H13N.3C10H12N2.C9H11N3.CH4/c1-9(2)10-6-8-12-7-4-3-5-11(10)12;1-8(2)9-4-6-12-7-11-5-3-10(9)12;1-8(2)9-4-7-12-6-3-5-11-10(9)12;1-8(2)9-5-7-12-10(9)4-3-6-11-12;1-7(2)8-3-4-12-9(8)5-10-6-11-12;/h3-9H,1-2H3;3*3-8H,1-2H3;3-7H,1-2H3;1H4. The van der Waals surface area contributed by atoms with Crippen molar-refractivity contribution < 1.29 is 0 Å². The Morgan fingerprint density at radius 1 is 0.393 bits per heavy atom. The molecule has 0 fully saturated rings. The zero-order valence-corrected chi connectivity index (χ0v) is 36.8. The van der Waals surface area contributed by atoms with Gasteiger partial charge in [0.1, 0.15) is 12.0 Å². The third kappa shape index (κ3) is 11.0. The molecule has 10 aromatic heterocycles. The van der Waals surface area contributed by atoms with Crippen molar-refractivity contribution in [2.24, 2.45) is 0 Å². The van der Waals surface area contributed by atoms with E-state index >= 15 is 0 Å². The van der Waals surface area contributed by atoms with E-state index in [9.17, 15) is 0 Å². The van der Waals surface area contributed by atoms with Gasteiger partial charge < -0.3 is 13.2 Å². The summed E-state index contributed by atoms with van der Waals surface area (Å²) in [6.07, 6.45) is 25.0. The van der Waals surface area contributed by atoms with E-state index in [2.05, 4.69) is 193 Å². The molecule has 10 nitrogen and oxygen atoms in total. The van der Waals surface area contributed by atoms with Gasteiger partial charge >= 0.3 is 0 Å². The predicted octanol–water partition coefficient (Wildman–Crippen LogP) is 12.9. The summed E-state index contributed by atoms with van der Waals surface area (Å²) in [5.41, 5.74) is 12.8. The molecule has 0 saturated carbocycles. The van der Waals surface area contributed by atoms with Crippen LogP contribution in [0.4, 0.5) is 0 Å². The Morgan fingerprint density at radius 2 is 0.918 bits per heavy atom. The number of fused-ring (bicyclic) bond motifs is 5. The lowest BCUT2D eigenvalue weighted by molar-refractivity contribution is 0.860. The summed E-state index contributed by atoms with van der Waals surface area (Å²) in [5.74, 6) is 2.83. The van der Waals surface area contributed by atoms with Crippen LogP contribution in [0.25, 0.3) is 27.7 Å². The highest BCUT2D eigenvalue weighted by Gasteiger charge is 2.08. The fraction of sp³-hybridized carbons (Fsp3) is 0.314. The minimum Gasteiger partial charge on any atom is -0.324 e. The molecule has 61 heavy (non-hydrogen) atoms. The minimum atomic E-state index is 0. The third-order valence-corrected chi connectivity index (χ3v) is 10.5. The Balaban J connectivity index is 0.000000144. The summed E-state index contributed by atoms with van der Waals surface area (Å²) in [4.78, 5) is 12.4. The Labute approximate surface area is 361 Å². The van der Waals surface area contributed by atoms with Gasteiger partial charge in [0.25, 0.3) is 0 Å². The first-order valence-corrected chi connectivity index (χ1v) is 21.0. The Hall–Kier alpha value is -6.55. The van der Waals surface area contributed by atoms with Crippen LogP contribution in [0, 0.1) is 0 Å². The first-order chi connectivity index (χ1) is 28.9. The van der Waals surface area contributed by atoms with Gasteiger partial charge in [-0.1, -0.05) is 82.7 Å². The van der Waals surface area contributed by atoms with Gasteiger partial charge in [0.15, 0.2) is 0 Å². The molecule has 0 aliphatic rings. The first-order valence-electron chi connectivity index (χ1n) is 21.0. The molecule has 0 aliphatic carbocycles. The van der Waals surface area contributed by atoms with Crippen LogP contribution in [0.3, 0.4) is 0 Å². The Morgan fingerprint density at radius 3 is 1.59 bits per heavy atom. The largest absolute Gasteiger partial charge is 0.324 e. The molecule has 0 amide bonds. The number of pyridine rings is 1. The number of nitrogens with zero attached hydrogens (tertiary/aromatic N) is 10. The maximum Gasteiger partial charge on any atom is 0.140 e. The lowest BCUT2D eigenvalue weighted by atomic mass is 10.1. The van der Waals surface area contributed by atoms with Gasteiger partial charge in [-0.05, 0) is 124 Å². The average molecular weight is 817 g/mol. The van der Waals surface area contributed by atoms with E-state index in [0.29, 0.717) is 29.6 Å². The number of aromatic nitrogens is 10. The Kier molecular flexibility index (Phi) is 15.8. The van der Waals surface area contributed by atoms with Gasteiger partial charge in [0, 0.05) is 67.5 Å². The summed E-state index contributed by atoms with van der Waals surface area (Å²) in [6, 6.07) is 25.1. The predicted molar refractivity (Wildman–Crippen MR) is 253 cm³/mol. The van der Waals surface area contributed by atoms with Crippen molar-refractivity contribution in [2.75, 3.05) is 0 Å². The minimum absolute atomic E-state index is 0. The summed E-state index contributed by atoms with van der Waals surface area (Å²) in [7, 11) is 0. The number of hydrogen-bond acceptors (Lipinski definition) is 5. The topological polar surface area (TPSA) is 86.5 Å². The summed E-state index contributed by atoms with van der Waals surface area (Å²) < 4.78 is 10.0. The molecule has 0 atom stereocenters. The molecule has 10 aromatic rings. The Bertz CT molecular complexity index is 2390. The molecule has 0 radical (unpaired) electrons. The molecular formula is C51H64N10. The van der Waals surface area contributed by atoms with Crippen LogP contribution in [-0.2, 0) is 0 Å². The van der Waals surface area contributed by atoms with E-state index in [-0.39, 0.29) is 7.43 Å². The van der Waals surface area contributed by atoms with Gasteiger partial charge in [-0.15, -0.1) is 0 Å². The van der Waals surface area contributed by atoms with E-state index in [4.69, 9.17) is 0 Å². The molecule has 0 saturated heterocycles. The molecule has 0 spiro atoms. The fourth-order valence-corrected chi connectivity index (χ4v) is 7.26. The zero-order valence-electron chi connectivity index (χ0n) is 36.8. The van der Waals surface area contributed by atoms with Crippen LogP contribution in [0.1, 0.15) is 134 Å². The highest BCUT2D eigenvalue weighted by Crippen LogP contribution is 2.23. The number of rotatable bonds is 5. The van der Waals surface area contributed by atoms with Crippen molar-refractivity contribution in [3.8, 4) is 0 Å². The number of hydrogen-bond donors (Lipinski definition) is 0. The molecule has 0 aromatic carbocycles. The van der Waals surface area contributed by atoms with Gasteiger partial charge in [0.2, 0.25) is 0 Å². The second-order valence-corrected chi connectivity index (χ2v) is 16.4. The van der Waals surface area contributed by atoms with Crippen LogP contribution < -0.4 is 0 Å². The van der Waals surface area contributed by atoms with E-state index in [0.717, 1.165) is 11.2 Å². The second-order valence-electron chi connectivity index (χ2n) is 16.4. The van der Waals surface area contributed by atoms with E-state index < -0.39 is 0 Å². The molecule has 0 N–H and O–H groups in total. The monoisotopic (exact) mass is 817 g/mol. The van der Waals surface area contributed by atoms with Gasteiger partial charge in [0.05, 0.1) is 29.1 Å². The lowest BCUT2D eigenvalue weighted by Gasteiger charge is -2.02. The maximum atomic E-state index is 4.33. The van der Waals surface area contributed by atoms with Gasteiger partial charge in [-0.3, -0.25) is 0 Å². The van der Waals surface area contributed by atoms with E-state index in [1.54, 1.807) is 12.5 Å². The van der Waals surface area contributed by atoms with Crippen LogP contribution in [0.2, 0.25) is 0 Å². The van der Waals surface area contributed by atoms with Crippen LogP contribution in [0.15, 0.2) is 154 Å². The van der Waals surface area contributed by atoms with Crippen molar-refractivity contribution >= 4 is 27.7 Å². The maximum absolute atomic E-state index is 4.33. The van der Waals surface area contributed by atoms with Crippen molar-refractivity contribution in [1.82, 2.24) is 47.4 Å². The molecule has 10 rings (SSSR count). The average Bonchev–Trinajstić information content (AvgIpc) is 4.10. The quantitative estimate of drug-likeness (QED) is 0.173. The third-order valence-electron chi connectivity index (χ3n) is 10.5. The first kappa shape index (κ1) is 45.5. The van der Waals surface area contributed by atoms with E-state index in [1.165, 1.54) is 44.4 Å². The molecular weight excluding hydrogens is 753 g/mol. The molecule has 0 aliphatic heterocycles. The molecule has 10 heteroatoms. The van der Waals surface area contributed by atoms with Crippen molar-refractivity contribution in [2.45, 2.75) is 106 Å². The molecule has 10 heterocycles. The SMILES string of the molecule is C.CC(C)c1ccn2ccccc12.CC(C)c1ccn2cccnc12.CC(C)c1ccn2cnccc12.CC(C)c1ccn2ncccc12.CC(C)c1ccn2ncncc12. The summed E-state index contributed by atoms with van der Waals surface area (Å²) in [6.45, 7) is 22.0. The summed E-state index contributed by atoms with van der Waals surface area (Å²) >= 11 is 0. The second kappa shape index (κ2) is 21.1.